The van der Waals surface area contributed by atoms with E-state index in [1.54, 1.807) is 19.9 Å². The molecule has 1 heterocycles. The minimum atomic E-state index is -0.963. The van der Waals surface area contributed by atoms with E-state index in [0.717, 1.165) is 10.9 Å². The number of nitrogens with one attached hydrogen (secondary N) is 1. The van der Waals surface area contributed by atoms with Crippen LogP contribution in [0.1, 0.15) is 31.9 Å². The molecule has 0 bridgehead atoms. The molecule has 124 valence electrons. The Morgan fingerprint density at radius 3 is 2.61 bits per heavy atom. The normalized spacial score (nSPS) is 12.7. The predicted octanol–water partition coefficient (Wildman–Crippen LogP) is 2.26. The second kappa shape index (κ2) is 6.83. The number of aryl methyl sites for hydroxylation is 1. The highest BCUT2D eigenvalue weighted by atomic mass is 16.4. The highest BCUT2D eigenvalue weighted by Crippen LogP contribution is 2.28. The number of hydrogen-bond acceptors (Lipinski definition) is 5. The van der Waals surface area contributed by atoms with Gasteiger partial charge in [0.15, 0.2) is 0 Å². The molecule has 1 aromatic heterocycles. The smallest absolute Gasteiger partial charge is 0.336 e. The zero-order chi connectivity index (χ0) is 17.1. The molecule has 2 aromatic rings. The number of carbonyl (C=O) groups is 1. The number of rotatable bonds is 6. The summed E-state index contributed by atoms with van der Waals surface area (Å²) in [4.78, 5) is 23.0. The lowest BCUT2D eigenvalue weighted by atomic mass is 10.0. The van der Waals surface area contributed by atoms with Crippen molar-refractivity contribution in [3.05, 3.63) is 39.7 Å². The molecule has 6 heteroatoms. The van der Waals surface area contributed by atoms with Crippen LogP contribution in [0.3, 0.4) is 0 Å². The van der Waals surface area contributed by atoms with Gasteiger partial charge in [-0.25, -0.2) is 4.79 Å². The summed E-state index contributed by atoms with van der Waals surface area (Å²) in [6.07, 6.45) is 0.656. The van der Waals surface area contributed by atoms with Gasteiger partial charge in [0.2, 0.25) is 0 Å². The molecule has 23 heavy (non-hydrogen) atoms. The van der Waals surface area contributed by atoms with Crippen LogP contribution in [0.2, 0.25) is 0 Å². The fourth-order valence-electron chi connectivity index (χ4n) is 2.62. The van der Waals surface area contributed by atoms with Crippen LogP contribution in [0.25, 0.3) is 11.0 Å². The number of hydrogen-bond donors (Lipinski definition) is 3. The third kappa shape index (κ3) is 3.53. The molecule has 2 rings (SSSR count). The maximum absolute atomic E-state index is 11.7. The number of benzene rings is 1. The second-order valence-electron chi connectivity index (χ2n) is 5.82. The Kier molecular flexibility index (Phi) is 5.05. The number of aliphatic carboxylic acids is 1. The molecule has 3 N–H and O–H groups in total. The summed E-state index contributed by atoms with van der Waals surface area (Å²) in [5.74, 6) is -1.12. The van der Waals surface area contributed by atoms with E-state index in [4.69, 9.17) is 4.42 Å². The van der Waals surface area contributed by atoms with Gasteiger partial charge in [-0.05, 0) is 30.0 Å². The maximum Gasteiger partial charge on any atom is 0.336 e. The first-order valence-corrected chi connectivity index (χ1v) is 7.58. The van der Waals surface area contributed by atoms with E-state index in [9.17, 15) is 19.8 Å². The Morgan fingerprint density at radius 2 is 2.04 bits per heavy atom. The first-order chi connectivity index (χ1) is 10.8. The van der Waals surface area contributed by atoms with Crippen molar-refractivity contribution in [2.45, 2.75) is 39.8 Å². The van der Waals surface area contributed by atoms with Crippen LogP contribution < -0.4 is 10.9 Å². The van der Waals surface area contributed by atoms with Crippen LogP contribution in [-0.2, 0) is 17.8 Å². The van der Waals surface area contributed by atoms with E-state index >= 15 is 0 Å². The Hall–Kier alpha value is -2.34. The van der Waals surface area contributed by atoms with Gasteiger partial charge >= 0.3 is 11.6 Å². The van der Waals surface area contributed by atoms with E-state index in [2.05, 4.69) is 5.32 Å². The van der Waals surface area contributed by atoms with Crippen molar-refractivity contribution in [1.29, 1.82) is 0 Å². The fraction of sp³-hybridized carbons (Fsp3) is 0.412. The van der Waals surface area contributed by atoms with Crippen LogP contribution >= 0.6 is 0 Å². The summed E-state index contributed by atoms with van der Waals surface area (Å²) in [6.45, 7) is 5.61. The van der Waals surface area contributed by atoms with Gasteiger partial charge in [0.25, 0.3) is 0 Å². The van der Waals surface area contributed by atoms with Gasteiger partial charge in [-0.2, -0.15) is 0 Å². The van der Waals surface area contributed by atoms with E-state index in [1.807, 2.05) is 6.92 Å². The largest absolute Gasteiger partial charge is 0.507 e. The standard InChI is InChI=1S/C17H21NO5/c1-4-10-7-14(20)23-16-11(10)5-6-13(19)12(16)8-18-15(9(2)3)17(21)22/h5-7,9,15,18-19H,4,8H2,1-3H3,(H,21,22)/t15-/m1/s1. The number of fused-ring (bicyclic) bond motifs is 1. The summed E-state index contributed by atoms with van der Waals surface area (Å²) in [7, 11) is 0. The molecule has 0 amide bonds. The zero-order valence-electron chi connectivity index (χ0n) is 13.4. The Balaban J connectivity index is 2.47. The van der Waals surface area contributed by atoms with Crippen LogP contribution in [-0.4, -0.2) is 22.2 Å². The highest BCUT2D eigenvalue weighted by Gasteiger charge is 2.22. The lowest BCUT2D eigenvalue weighted by Gasteiger charge is -2.19. The second-order valence-corrected chi connectivity index (χ2v) is 5.82. The number of carboxylic acid groups (broad SMARTS) is 1. The van der Waals surface area contributed by atoms with Crippen molar-refractivity contribution in [3.8, 4) is 5.75 Å². The van der Waals surface area contributed by atoms with Crippen LogP contribution in [0.5, 0.6) is 5.75 Å². The average molecular weight is 319 g/mol. The molecule has 0 aliphatic rings. The molecule has 1 atom stereocenters. The molecule has 1 aromatic carbocycles. The van der Waals surface area contributed by atoms with Crippen LogP contribution in [0.4, 0.5) is 0 Å². The molecule has 6 nitrogen and oxygen atoms in total. The average Bonchev–Trinajstić information content (AvgIpc) is 2.47. The highest BCUT2D eigenvalue weighted by molar-refractivity contribution is 5.85. The zero-order valence-corrected chi connectivity index (χ0v) is 13.4. The molecular formula is C17H21NO5. The first-order valence-electron chi connectivity index (χ1n) is 7.58. The van der Waals surface area contributed by atoms with Crippen molar-refractivity contribution < 1.29 is 19.4 Å². The third-order valence-electron chi connectivity index (χ3n) is 3.89. The number of carboxylic acids is 1. The molecule has 0 unspecified atom stereocenters. The van der Waals surface area contributed by atoms with Crippen molar-refractivity contribution in [2.75, 3.05) is 0 Å². The van der Waals surface area contributed by atoms with E-state index < -0.39 is 17.6 Å². The third-order valence-corrected chi connectivity index (χ3v) is 3.89. The van der Waals surface area contributed by atoms with E-state index in [-0.39, 0.29) is 18.2 Å². The van der Waals surface area contributed by atoms with Crippen molar-refractivity contribution in [1.82, 2.24) is 5.32 Å². The predicted molar refractivity (Wildman–Crippen MR) is 86.6 cm³/mol. The topological polar surface area (TPSA) is 99.8 Å². The SMILES string of the molecule is CCc1cc(=O)oc2c(CN[C@@H](C(=O)O)C(C)C)c(O)ccc12. The summed E-state index contributed by atoms with van der Waals surface area (Å²) >= 11 is 0. The monoisotopic (exact) mass is 319 g/mol. The van der Waals surface area contributed by atoms with Gasteiger partial charge in [-0.15, -0.1) is 0 Å². The summed E-state index contributed by atoms with van der Waals surface area (Å²) in [5, 5.41) is 23.0. The molecule has 0 radical (unpaired) electrons. The minimum absolute atomic E-state index is 0.0331. The molecule has 0 fully saturated rings. The maximum atomic E-state index is 11.7. The Labute approximate surface area is 133 Å². The molecule has 0 aliphatic heterocycles. The molecule has 0 saturated heterocycles. The summed E-state index contributed by atoms with van der Waals surface area (Å²) in [6, 6.07) is 3.91. The van der Waals surface area contributed by atoms with Gasteiger partial charge in [0, 0.05) is 18.0 Å². The van der Waals surface area contributed by atoms with Gasteiger partial charge in [-0.1, -0.05) is 20.8 Å². The van der Waals surface area contributed by atoms with E-state index in [1.165, 1.54) is 12.1 Å². The van der Waals surface area contributed by atoms with Gasteiger partial charge in [-0.3, -0.25) is 10.1 Å². The molecule has 0 saturated carbocycles. The van der Waals surface area contributed by atoms with Crippen molar-refractivity contribution >= 4 is 16.9 Å². The Bertz CT molecular complexity index is 778. The number of phenolic OH excluding ortho intramolecular Hbond substituents is 1. The van der Waals surface area contributed by atoms with Crippen molar-refractivity contribution in [2.24, 2.45) is 5.92 Å². The number of aromatic hydroxyl groups is 1. The lowest BCUT2D eigenvalue weighted by molar-refractivity contribution is -0.140. The molecular weight excluding hydrogens is 298 g/mol. The quantitative estimate of drug-likeness (QED) is 0.706. The van der Waals surface area contributed by atoms with Gasteiger partial charge in [0.1, 0.15) is 17.4 Å². The van der Waals surface area contributed by atoms with Gasteiger partial charge < -0.3 is 14.6 Å². The lowest BCUT2D eigenvalue weighted by Crippen LogP contribution is -2.40. The van der Waals surface area contributed by atoms with Crippen LogP contribution in [0, 0.1) is 5.92 Å². The van der Waals surface area contributed by atoms with Crippen LogP contribution in [0.15, 0.2) is 27.4 Å². The molecule has 0 aliphatic carbocycles. The Morgan fingerprint density at radius 1 is 1.35 bits per heavy atom. The summed E-state index contributed by atoms with van der Waals surface area (Å²) in [5.41, 5.74) is 1.03. The molecule has 0 spiro atoms. The van der Waals surface area contributed by atoms with Crippen molar-refractivity contribution in [3.63, 3.8) is 0 Å². The number of phenols is 1. The fourth-order valence-corrected chi connectivity index (χ4v) is 2.62. The minimum Gasteiger partial charge on any atom is -0.507 e. The first kappa shape index (κ1) is 17.0. The van der Waals surface area contributed by atoms with Gasteiger partial charge in [0.05, 0.1) is 5.56 Å². The van der Waals surface area contributed by atoms with E-state index in [0.29, 0.717) is 17.6 Å². The summed E-state index contributed by atoms with van der Waals surface area (Å²) < 4.78 is 5.27.